The molecule has 0 bridgehead atoms. The Kier molecular flexibility index (Phi) is 6.09. The van der Waals surface area contributed by atoms with Crippen molar-refractivity contribution in [2.75, 3.05) is 32.8 Å². The molecule has 0 radical (unpaired) electrons. The molecule has 2 aliphatic rings. The molecule has 2 aromatic rings. The second kappa shape index (κ2) is 8.72. The molecule has 2 saturated heterocycles. The van der Waals surface area contributed by atoms with Gasteiger partial charge in [0.1, 0.15) is 5.82 Å². The number of aryl methyl sites for hydroxylation is 1. The third-order valence-corrected chi connectivity index (χ3v) is 6.81. The zero-order valence-corrected chi connectivity index (χ0v) is 16.9. The summed E-state index contributed by atoms with van der Waals surface area (Å²) in [6, 6.07) is 2.04. The molecule has 0 unspecified atom stereocenters. The Labute approximate surface area is 167 Å². The van der Waals surface area contributed by atoms with Crippen LogP contribution in [-0.2, 0) is 19.5 Å². The van der Waals surface area contributed by atoms with Crippen LogP contribution in [0.3, 0.4) is 0 Å². The van der Waals surface area contributed by atoms with Gasteiger partial charge in [0.25, 0.3) is 0 Å². The van der Waals surface area contributed by atoms with Gasteiger partial charge in [-0.05, 0) is 50.4 Å². The Bertz CT molecular complexity index is 724. The largest absolute Gasteiger partial charge is 0.472 e. The lowest BCUT2D eigenvalue weighted by atomic mass is 9.64. The van der Waals surface area contributed by atoms with E-state index in [0.29, 0.717) is 11.3 Å². The number of piperidine rings is 2. The van der Waals surface area contributed by atoms with Crippen LogP contribution in [-0.4, -0.2) is 57.7 Å². The van der Waals surface area contributed by atoms with Crippen molar-refractivity contribution in [3.63, 3.8) is 0 Å². The zero-order valence-electron chi connectivity index (χ0n) is 16.9. The normalized spacial score (nSPS) is 23.3. The third kappa shape index (κ3) is 4.29. The van der Waals surface area contributed by atoms with E-state index in [4.69, 9.17) is 4.42 Å². The lowest BCUT2D eigenvalue weighted by Crippen LogP contribution is -2.53. The molecule has 4 rings (SSSR count). The molecule has 28 heavy (non-hydrogen) atoms. The molecular weight excluding hydrogens is 352 g/mol. The van der Waals surface area contributed by atoms with E-state index in [2.05, 4.69) is 26.7 Å². The number of aliphatic hydroxyl groups excluding tert-OH is 1. The van der Waals surface area contributed by atoms with Gasteiger partial charge >= 0.3 is 0 Å². The lowest BCUT2D eigenvalue weighted by Gasteiger charge is -2.51. The number of nitrogens with zero attached hydrogens (tertiary/aromatic N) is 4. The van der Waals surface area contributed by atoms with Gasteiger partial charge in [0.2, 0.25) is 0 Å². The lowest BCUT2D eigenvalue weighted by molar-refractivity contribution is -0.0450. The molecule has 152 valence electrons. The molecule has 4 heterocycles. The molecule has 2 aromatic heterocycles. The standard InChI is InChI=1S/C22H32N4O2/c1-2-21-23-11-19(12-24-21)14-25-7-4-22(5-8-25)6-9-26(15-20(22)16-27)13-18-3-10-28-17-18/h3,10-12,17,20,27H,2,4-9,13-16H2,1H3/t20-/m1/s1. The van der Waals surface area contributed by atoms with Crippen molar-refractivity contribution in [2.24, 2.45) is 11.3 Å². The second-order valence-electron chi connectivity index (χ2n) is 8.50. The summed E-state index contributed by atoms with van der Waals surface area (Å²) in [6.07, 6.45) is 11.9. The Balaban J connectivity index is 1.32. The van der Waals surface area contributed by atoms with E-state index in [9.17, 15) is 5.11 Å². The first-order valence-electron chi connectivity index (χ1n) is 10.6. The topological polar surface area (TPSA) is 65.6 Å². The minimum Gasteiger partial charge on any atom is -0.472 e. The van der Waals surface area contributed by atoms with E-state index in [-0.39, 0.29) is 6.61 Å². The van der Waals surface area contributed by atoms with Crippen molar-refractivity contribution in [2.45, 2.75) is 45.7 Å². The summed E-state index contributed by atoms with van der Waals surface area (Å²) < 4.78 is 5.20. The summed E-state index contributed by atoms with van der Waals surface area (Å²) in [7, 11) is 0. The van der Waals surface area contributed by atoms with Gasteiger partial charge in [0, 0.05) is 62.1 Å². The molecule has 1 N–H and O–H groups in total. The number of furan rings is 1. The quantitative estimate of drug-likeness (QED) is 0.826. The summed E-state index contributed by atoms with van der Waals surface area (Å²) in [6.45, 7) is 8.48. The van der Waals surface area contributed by atoms with Gasteiger partial charge in [-0.25, -0.2) is 9.97 Å². The van der Waals surface area contributed by atoms with Crippen molar-refractivity contribution < 1.29 is 9.52 Å². The fraction of sp³-hybridized carbons (Fsp3) is 0.636. The number of aromatic nitrogens is 2. The van der Waals surface area contributed by atoms with Crippen molar-refractivity contribution >= 4 is 0 Å². The molecule has 1 atom stereocenters. The maximum absolute atomic E-state index is 10.1. The fourth-order valence-corrected chi connectivity index (χ4v) is 4.94. The molecule has 6 heteroatoms. The van der Waals surface area contributed by atoms with Gasteiger partial charge < -0.3 is 9.52 Å². The zero-order chi connectivity index (χ0) is 19.4. The summed E-state index contributed by atoms with van der Waals surface area (Å²) in [5.41, 5.74) is 2.71. The van der Waals surface area contributed by atoms with Crippen LogP contribution in [0.1, 0.15) is 43.1 Å². The van der Waals surface area contributed by atoms with Crippen molar-refractivity contribution in [3.05, 3.63) is 47.9 Å². The molecular formula is C22H32N4O2. The third-order valence-electron chi connectivity index (χ3n) is 6.81. The van der Waals surface area contributed by atoms with Crippen LogP contribution in [0.15, 0.2) is 35.4 Å². The maximum atomic E-state index is 10.1. The highest BCUT2D eigenvalue weighted by Crippen LogP contribution is 2.45. The van der Waals surface area contributed by atoms with E-state index in [1.165, 1.54) is 30.4 Å². The monoisotopic (exact) mass is 384 g/mol. The van der Waals surface area contributed by atoms with Gasteiger partial charge in [-0.3, -0.25) is 9.80 Å². The van der Waals surface area contributed by atoms with Gasteiger partial charge in [0.15, 0.2) is 0 Å². The van der Waals surface area contributed by atoms with Gasteiger partial charge in [-0.15, -0.1) is 0 Å². The van der Waals surface area contributed by atoms with Crippen LogP contribution in [0.25, 0.3) is 0 Å². The van der Waals surface area contributed by atoms with Crippen molar-refractivity contribution in [3.8, 4) is 0 Å². The van der Waals surface area contributed by atoms with Crippen molar-refractivity contribution in [1.29, 1.82) is 0 Å². The summed E-state index contributed by atoms with van der Waals surface area (Å²) in [4.78, 5) is 13.8. The van der Waals surface area contributed by atoms with Gasteiger partial charge in [0.05, 0.1) is 12.5 Å². The molecule has 1 spiro atoms. The predicted octanol–water partition coefficient (Wildman–Crippen LogP) is 2.73. The fourth-order valence-electron chi connectivity index (χ4n) is 4.94. The van der Waals surface area contributed by atoms with Crippen LogP contribution in [0.4, 0.5) is 0 Å². The average Bonchev–Trinajstić information content (AvgIpc) is 3.25. The highest BCUT2D eigenvalue weighted by Gasteiger charge is 2.44. The smallest absolute Gasteiger partial charge is 0.127 e. The molecule has 0 aliphatic carbocycles. The van der Waals surface area contributed by atoms with Crippen molar-refractivity contribution in [1.82, 2.24) is 19.8 Å². The number of rotatable bonds is 6. The molecule has 0 amide bonds. The van der Waals surface area contributed by atoms with E-state index in [0.717, 1.165) is 51.5 Å². The minimum absolute atomic E-state index is 0.286. The Hall–Kier alpha value is -1.76. The predicted molar refractivity (Wildman–Crippen MR) is 108 cm³/mol. The number of hydrogen-bond acceptors (Lipinski definition) is 6. The SMILES string of the molecule is CCc1ncc(CN2CCC3(CC2)CCN(Cc2ccoc2)C[C@@H]3CO)cn1. The van der Waals surface area contributed by atoms with Crippen LogP contribution < -0.4 is 0 Å². The number of likely N-dealkylation sites (tertiary alicyclic amines) is 2. The van der Waals surface area contributed by atoms with Crippen LogP contribution in [0.5, 0.6) is 0 Å². The minimum atomic E-state index is 0.286. The van der Waals surface area contributed by atoms with E-state index < -0.39 is 0 Å². The van der Waals surface area contributed by atoms with Crippen LogP contribution in [0, 0.1) is 11.3 Å². The highest BCUT2D eigenvalue weighted by molar-refractivity contribution is 5.07. The van der Waals surface area contributed by atoms with Crippen LogP contribution in [0.2, 0.25) is 0 Å². The van der Waals surface area contributed by atoms with E-state index in [1.54, 1.807) is 6.26 Å². The Morgan fingerprint density at radius 2 is 1.75 bits per heavy atom. The molecule has 2 fully saturated rings. The Morgan fingerprint density at radius 3 is 2.36 bits per heavy atom. The maximum Gasteiger partial charge on any atom is 0.127 e. The average molecular weight is 385 g/mol. The molecule has 0 saturated carbocycles. The molecule has 0 aromatic carbocycles. The number of hydrogen-bond donors (Lipinski definition) is 1. The first-order valence-corrected chi connectivity index (χ1v) is 10.6. The van der Waals surface area contributed by atoms with E-state index >= 15 is 0 Å². The molecule has 2 aliphatic heterocycles. The first kappa shape index (κ1) is 19.6. The first-order chi connectivity index (χ1) is 13.7. The van der Waals surface area contributed by atoms with E-state index in [1.807, 2.05) is 24.7 Å². The summed E-state index contributed by atoms with van der Waals surface area (Å²) in [5.74, 6) is 1.27. The Morgan fingerprint density at radius 1 is 1.07 bits per heavy atom. The van der Waals surface area contributed by atoms with Gasteiger partial charge in [-0.1, -0.05) is 6.92 Å². The summed E-state index contributed by atoms with van der Waals surface area (Å²) >= 11 is 0. The summed E-state index contributed by atoms with van der Waals surface area (Å²) in [5, 5.41) is 10.1. The molecule has 6 nitrogen and oxygen atoms in total. The highest BCUT2D eigenvalue weighted by atomic mass is 16.3. The van der Waals surface area contributed by atoms with Crippen LogP contribution >= 0.6 is 0 Å². The number of aliphatic hydroxyl groups is 1. The van der Waals surface area contributed by atoms with Gasteiger partial charge in [-0.2, -0.15) is 0 Å². The second-order valence-corrected chi connectivity index (χ2v) is 8.50.